The van der Waals surface area contributed by atoms with Crippen molar-refractivity contribution in [2.75, 3.05) is 40.3 Å². The third-order valence-electron chi connectivity index (χ3n) is 3.02. The van der Waals surface area contributed by atoms with Crippen LogP contribution in [0.1, 0.15) is 12.8 Å². The summed E-state index contributed by atoms with van der Waals surface area (Å²) in [6.45, 7) is 7.91. The average molecular weight is 197 g/mol. The molecule has 0 aromatic rings. The van der Waals surface area contributed by atoms with E-state index in [1.165, 1.54) is 25.9 Å². The highest BCUT2D eigenvalue weighted by molar-refractivity contribution is 4.99. The van der Waals surface area contributed by atoms with Crippen molar-refractivity contribution >= 4 is 0 Å². The van der Waals surface area contributed by atoms with E-state index >= 15 is 0 Å². The Morgan fingerprint density at radius 1 is 1.43 bits per heavy atom. The molecule has 3 nitrogen and oxygen atoms in total. The zero-order valence-corrected chi connectivity index (χ0v) is 9.50. The van der Waals surface area contributed by atoms with Crippen molar-refractivity contribution in [1.82, 2.24) is 9.80 Å². The van der Waals surface area contributed by atoms with Crippen molar-refractivity contribution in [1.29, 1.82) is 0 Å². The molecule has 82 valence electrons. The van der Waals surface area contributed by atoms with Crippen LogP contribution in [0.25, 0.3) is 0 Å². The highest BCUT2D eigenvalue weighted by atomic mass is 15.2. The van der Waals surface area contributed by atoms with Crippen LogP contribution in [0.4, 0.5) is 0 Å². The average Bonchev–Trinajstić information content (AvgIpc) is 2.18. The third kappa shape index (κ3) is 3.40. The molecule has 0 unspecified atom stereocenters. The van der Waals surface area contributed by atoms with Gasteiger partial charge in [-0.3, -0.25) is 4.90 Å². The summed E-state index contributed by atoms with van der Waals surface area (Å²) in [5.41, 5.74) is 6.68. The van der Waals surface area contributed by atoms with Crippen LogP contribution in [0.15, 0.2) is 12.2 Å². The molecule has 3 heteroatoms. The lowest BCUT2D eigenvalue weighted by Gasteiger charge is -2.35. The van der Waals surface area contributed by atoms with Gasteiger partial charge in [-0.1, -0.05) is 6.58 Å². The SMILES string of the molecule is C=C(CN)CN1CCC(N(C)C)CC1. The van der Waals surface area contributed by atoms with E-state index in [9.17, 15) is 0 Å². The second kappa shape index (κ2) is 5.49. The molecular formula is C11H23N3. The molecule has 0 bridgehead atoms. The number of piperidine rings is 1. The fraction of sp³-hybridized carbons (Fsp3) is 0.818. The lowest BCUT2D eigenvalue weighted by Crippen LogP contribution is -2.42. The van der Waals surface area contributed by atoms with E-state index in [-0.39, 0.29) is 0 Å². The van der Waals surface area contributed by atoms with Crippen LogP contribution in [0.3, 0.4) is 0 Å². The Bertz CT molecular complexity index is 181. The minimum Gasteiger partial charge on any atom is -0.327 e. The Balaban J connectivity index is 2.25. The van der Waals surface area contributed by atoms with Crippen LogP contribution in [0, 0.1) is 0 Å². The summed E-state index contributed by atoms with van der Waals surface area (Å²) < 4.78 is 0. The second-order valence-corrected chi connectivity index (χ2v) is 4.43. The van der Waals surface area contributed by atoms with Crippen LogP contribution in [0.5, 0.6) is 0 Å². The van der Waals surface area contributed by atoms with Gasteiger partial charge in [0.2, 0.25) is 0 Å². The maximum atomic E-state index is 5.53. The fourth-order valence-corrected chi connectivity index (χ4v) is 1.97. The van der Waals surface area contributed by atoms with E-state index in [0.717, 1.165) is 18.2 Å². The second-order valence-electron chi connectivity index (χ2n) is 4.43. The Morgan fingerprint density at radius 3 is 2.43 bits per heavy atom. The molecular weight excluding hydrogens is 174 g/mol. The molecule has 1 fully saturated rings. The van der Waals surface area contributed by atoms with Gasteiger partial charge in [-0.25, -0.2) is 0 Å². The van der Waals surface area contributed by atoms with Gasteiger partial charge in [0.05, 0.1) is 0 Å². The molecule has 1 aliphatic heterocycles. The quantitative estimate of drug-likeness (QED) is 0.667. The Hall–Kier alpha value is -0.380. The zero-order valence-electron chi connectivity index (χ0n) is 9.50. The van der Waals surface area contributed by atoms with E-state index in [1.807, 2.05) is 0 Å². The van der Waals surface area contributed by atoms with Gasteiger partial charge < -0.3 is 10.6 Å². The summed E-state index contributed by atoms with van der Waals surface area (Å²) in [5.74, 6) is 0. The van der Waals surface area contributed by atoms with Gasteiger partial charge >= 0.3 is 0 Å². The molecule has 0 aromatic carbocycles. The lowest BCUT2D eigenvalue weighted by molar-refractivity contribution is 0.153. The Labute approximate surface area is 87.6 Å². The molecule has 0 amide bonds. The fourth-order valence-electron chi connectivity index (χ4n) is 1.97. The van der Waals surface area contributed by atoms with E-state index in [4.69, 9.17) is 5.73 Å². The number of hydrogen-bond donors (Lipinski definition) is 1. The largest absolute Gasteiger partial charge is 0.327 e. The van der Waals surface area contributed by atoms with Gasteiger partial charge in [0.15, 0.2) is 0 Å². The van der Waals surface area contributed by atoms with Crippen LogP contribution in [0.2, 0.25) is 0 Å². The summed E-state index contributed by atoms with van der Waals surface area (Å²) in [6.07, 6.45) is 2.54. The van der Waals surface area contributed by atoms with E-state index < -0.39 is 0 Å². The lowest BCUT2D eigenvalue weighted by atomic mass is 10.0. The van der Waals surface area contributed by atoms with Gasteiger partial charge in [0.25, 0.3) is 0 Å². The molecule has 0 aliphatic carbocycles. The van der Waals surface area contributed by atoms with Gasteiger partial charge in [-0.2, -0.15) is 0 Å². The highest BCUT2D eigenvalue weighted by Crippen LogP contribution is 2.14. The molecule has 1 heterocycles. The molecule has 0 saturated carbocycles. The van der Waals surface area contributed by atoms with Crippen molar-refractivity contribution < 1.29 is 0 Å². The van der Waals surface area contributed by atoms with Crippen molar-refractivity contribution in [3.05, 3.63) is 12.2 Å². The summed E-state index contributed by atoms with van der Waals surface area (Å²) in [6, 6.07) is 0.761. The predicted octanol–water partition coefficient (Wildman–Crippen LogP) is 0.527. The van der Waals surface area contributed by atoms with Crippen molar-refractivity contribution in [2.45, 2.75) is 18.9 Å². The molecule has 2 N–H and O–H groups in total. The standard InChI is InChI=1S/C11H23N3/c1-10(8-12)9-14-6-4-11(5-7-14)13(2)3/h11H,1,4-9,12H2,2-3H3. The molecule has 1 aliphatic rings. The maximum Gasteiger partial charge on any atom is 0.0202 e. The van der Waals surface area contributed by atoms with Crippen LogP contribution in [-0.4, -0.2) is 56.1 Å². The highest BCUT2D eigenvalue weighted by Gasteiger charge is 2.20. The smallest absolute Gasteiger partial charge is 0.0202 e. The van der Waals surface area contributed by atoms with E-state index in [0.29, 0.717) is 6.54 Å². The van der Waals surface area contributed by atoms with E-state index in [1.54, 1.807) is 0 Å². The first-order valence-corrected chi connectivity index (χ1v) is 5.39. The molecule has 1 saturated heterocycles. The number of nitrogens with two attached hydrogens (primary N) is 1. The molecule has 1 rings (SSSR count). The van der Waals surface area contributed by atoms with Gasteiger partial charge in [-0.05, 0) is 45.6 Å². The molecule has 0 radical (unpaired) electrons. The number of hydrogen-bond acceptors (Lipinski definition) is 3. The van der Waals surface area contributed by atoms with Gasteiger partial charge in [-0.15, -0.1) is 0 Å². The minimum absolute atomic E-state index is 0.619. The first-order chi connectivity index (χ1) is 6.63. The summed E-state index contributed by atoms with van der Waals surface area (Å²) in [4.78, 5) is 4.78. The number of rotatable bonds is 4. The molecule has 0 atom stereocenters. The van der Waals surface area contributed by atoms with Crippen molar-refractivity contribution in [2.24, 2.45) is 5.73 Å². The normalized spacial score (nSPS) is 20.3. The van der Waals surface area contributed by atoms with Crippen molar-refractivity contribution in [3.8, 4) is 0 Å². The summed E-state index contributed by atoms with van der Waals surface area (Å²) >= 11 is 0. The first-order valence-electron chi connectivity index (χ1n) is 5.39. The number of nitrogens with zero attached hydrogens (tertiary/aromatic N) is 2. The van der Waals surface area contributed by atoms with Crippen LogP contribution >= 0.6 is 0 Å². The van der Waals surface area contributed by atoms with Crippen molar-refractivity contribution in [3.63, 3.8) is 0 Å². The summed E-state index contributed by atoms with van der Waals surface area (Å²) in [5, 5.41) is 0. The van der Waals surface area contributed by atoms with E-state index in [2.05, 4.69) is 30.5 Å². The van der Waals surface area contributed by atoms with Crippen LogP contribution < -0.4 is 5.73 Å². The van der Waals surface area contributed by atoms with Gasteiger partial charge in [0.1, 0.15) is 0 Å². The summed E-state index contributed by atoms with van der Waals surface area (Å²) in [7, 11) is 4.33. The third-order valence-corrected chi connectivity index (χ3v) is 3.02. The van der Waals surface area contributed by atoms with Gasteiger partial charge in [0, 0.05) is 19.1 Å². The maximum absolute atomic E-state index is 5.53. The Morgan fingerprint density at radius 2 is 2.00 bits per heavy atom. The molecule has 0 spiro atoms. The minimum atomic E-state index is 0.619. The zero-order chi connectivity index (χ0) is 10.6. The first kappa shape index (κ1) is 11.7. The number of likely N-dealkylation sites (tertiary alicyclic amines) is 1. The molecule has 14 heavy (non-hydrogen) atoms. The van der Waals surface area contributed by atoms with Crippen LogP contribution in [-0.2, 0) is 0 Å². The predicted molar refractivity (Wildman–Crippen MR) is 61.3 cm³/mol. The Kier molecular flexibility index (Phi) is 4.58. The monoisotopic (exact) mass is 197 g/mol. The molecule has 0 aromatic heterocycles. The topological polar surface area (TPSA) is 32.5 Å².